The lowest BCUT2D eigenvalue weighted by Crippen LogP contribution is -2.05. The molecule has 0 bridgehead atoms. The van der Waals surface area contributed by atoms with Crippen molar-refractivity contribution in [3.8, 4) is 5.75 Å². The Morgan fingerprint density at radius 3 is 2.21 bits per heavy atom. The van der Waals surface area contributed by atoms with Gasteiger partial charge in [-0.2, -0.15) is 0 Å². The van der Waals surface area contributed by atoms with Crippen LogP contribution in [0.2, 0.25) is 0 Å². The van der Waals surface area contributed by atoms with E-state index in [4.69, 9.17) is 0 Å². The van der Waals surface area contributed by atoms with Crippen LogP contribution in [0.1, 0.15) is 18.1 Å². The van der Waals surface area contributed by atoms with Crippen LogP contribution in [0, 0.1) is 0 Å². The Morgan fingerprint density at radius 1 is 0.833 bits per heavy atom. The molecule has 2 aromatic rings. The summed E-state index contributed by atoms with van der Waals surface area (Å²) in [5.74, 6) is 0.260. The largest absolute Gasteiger partial charge is 0.508 e. The molecule has 2 aliphatic rings. The van der Waals surface area contributed by atoms with Crippen LogP contribution in [0.15, 0.2) is 89.5 Å². The lowest BCUT2D eigenvalue weighted by Gasteiger charge is -2.15. The highest BCUT2D eigenvalue weighted by molar-refractivity contribution is 6.11. The second-order valence-corrected chi connectivity index (χ2v) is 6.13. The summed E-state index contributed by atoms with van der Waals surface area (Å²) >= 11 is 0. The van der Waals surface area contributed by atoms with Gasteiger partial charge >= 0.3 is 0 Å². The van der Waals surface area contributed by atoms with E-state index >= 15 is 0 Å². The molecule has 2 aromatic carbocycles. The fraction of sp³-hybridized carbons (Fsp3) is 0.0909. The third kappa shape index (κ3) is 2.32. The molecule has 1 unspecified atom stereocenters. The molecule has 2 aliphatic carbocycles. The second kappa shape index (κ2) is 5.66. The van der Waals surface area contributed by atoms with Crippen molar-refractivity contribution < 1.29 is 10.2 Å². The third-order valence-electron chi connectivity index (χ3n) is 4.60. The van der Waals surface area contributed by atoms with Crippen molar-refractivity contribution >= 4 is 11.1 Å². The molecule has 0 saturated heterocycles. The van der Waals surface area contributed by atoms with Crippen LogP contribution in [0.25, 0.3) is 11.1 Å². The van der Waals surface area contributed by atoms with Gasteiger partial charge in [0, 0.05) is 0 Å². The van der Waals surface area contributed by atoms with Crippen molar-refractivity contribution in [1.82, 2.24) is 0 Å². The zero-order valence-corrected chi connectivity index (χ0v) is 13.4. The van der Waals surface area contributed by atoms with E-state index in [0.29, 0.717) is 0 Å². The monoisotopic (exact) mass is 314 g/mol. The van der Waals surface area contributed by atoms with Crippen molar-refractivity contribution in [2.24, 2.45) is 0 Å². The topological polar surface area (TPSA) is 40.5 Å². The fourth-order valence-corrected chi connectivity index (χ4v) is 3.50. The van der Waals surface area contributed by atoms with Gasteiger partial charge in [0.2, 0.25) is 0 Å². The minimum atomic E-state index is -0.561. The number of hydrogen-bond acceptors (Lipinski definition) is 2. The highest BCUT2D eigenvalue weighted by Crippen LogP contribution is 2.48. The molecule has 2 nitrogen and oxygen atoms in total. The minimum Gasteiger partial charge on any atom is -0.508 e. The maximum atomic E-state index is 10.1. The molecule has 4 rings (SSSR count). The molecule has 118 valence electrons. The zero-order valence-electron chi connectivity index (χ0n) is 13.4. The van der Waals surface area contributed by atoms with Crippen LogP contribution in [0.4, 0.5) is 0 Å². The van der Waals surface area contributed by atoms with Gasteiger partial charge in [0.05, 0.1) is 6.10 Å². The predicted octanol–water partition coefficient (Wildman–Crippen LogP) is 4.49. The molecule has 0 heterocycles. The molecule has 24 heavy (non-hydrogen) atoms. The normalized spacial score (nSPS) is 19.6. The van der Waals surface area contributed by atoms with Gasteiger partial charge in [0.1, 0.15) is 5.75 Å². The average molecular weight is 314 g/mol. The predicted molar refractivity (Wildman–Crippen MR) is 97.3 cm³/mol. The maximum Gasteiger partial charge on any atom is 0.115 e. The van der Waals surface area contributed by atoms with E-state index in [1.165, 1.54) is 5.57 Å². The standard InChI is InChI=1S/C22H18O2/c1-14-19-12-11-18(24)13-20(19)22(15-5-3-2-4-6-15)21(14)16-7-9-17(23)10-8-16/h2-13,18,23-24H,1H3. The molecular weight excluding hydrogens is 296 g/mol. The van der Waals surface area contributed by atoms with Crippen molar-refractivity contribution in [2.45, 2.75) is 13.0 Å². The average Bonchev–Trinajstić information content (AvgIpc) is 2.88. The van der Waals surface area contributed by atoms with E-state index < -0.39 is 6.10 Å². The Labute approximate surface area is 141 Å². The number of benzene rings is 2. The van der Waals surface area contributed by atoms with Gasteiger partial charge in [-0.05, 0) is 64.1 Å². The molecular formula is C22H18O2. The number of hydrogen-bond donors (Lipinski definition) is 2. The van der Waals surface area contributed by atoms with Gasteiger partial charge < -0.3 is 10.2 Å². The molecule has 0 fully saturated rings. The summed E-state index contributed by atoms with van der Waals surface area (Å²) in [4.78, 5) is 0. The van der Waals surface area contributed by atoms with Gasteiger partial charge in [-0.25, -0.2) is 0 Å². The van der Waals surface area contributed by atoms with E-state index in [-0.39, 0.29) is 5.75 Å². The van der Waals surface area contributed by atoms with Crippen molar-refractivity contribution in [3.63, 3.8) is 0 Å². The van der Waals surface area contributed by atoms with Crippen molar-refractivity contribution in [2.75, 3.05) is 0 Å². The molecule has 0 saturated carbocycles. The van der Waals surface area contributed by atoms with E-state index in [1.807, 2.05) is 48.6 Å². The molecule has 1 atom stereocenters. The van der Waals surface area contributed by atoms with Gasteiger partial charge in [0.15, 0.2) is 0 Å². The number of aliphatic hydroxyl groups is 1. The van der Waals surface area contributed by atoms with Crippen LogP contribution in [0.5, 0.6) is 5.75 Å². The van der Waals surface area contributed by atoms with E-state index in [9.17, 15) is 10.2 Å². The Hall–Kier alpha value is -2.84. The second-order valence-electron chi connectivity index (χ2n) is 6.13. The summed E-state index contributed by atoms with van der Waals surface area (Å²) in [5.41, 5.74) is 7.91. The number of fused-ring (bicyclic) bond motifs is 1. The van der Waals surface area contributed by atoms with Gasteiger partial charge in [-0.15, -0.1) is 0 Å². The Kier molecular flexibility index (Phi) is 3.47. The summed E-state index contributed by atoms with van der Waals surface area (Å²) in [5, 5.41) is 19.7. The highest BCUT2D eigenvalue weighted by Gasteiger charge is 2.29. The quantitative estimate of drug-likeness (QED) is 0.857. The van der Waals surface area contributed by atoms with Crippen LogP contribution in [-0.4, -0.2) is 16.3 Å². The minimum absolute atomic E-state index is 0.260. The summed E-state index contributed by atoms with van der Waals surface area (Å²) in [7, 11) is 0. The first-order valence-electron chi connectivity index (χ1n) is 8.04. The summed E-state index contributed by atoms with van der Waals surface area (Å²) < 4.78 is 0. The third-order valence-corrected chi connectivity index (χ3v) is 4.60. The van der Waals surface area contributed by atoms with E-state index in [1.54, 1.807) is 12.1 Å². The highest BCUT2D eigenvalue weighted by atomic mass is 16.3. The first-order chi connectivity index (χ1) is 11.6. The van der Waals surface area contributed by atoms with Crippen LogP contribution in [-0.2, 0) is 0 Å². The molecule has 0 aliphatic heterocycles. The Bertz CT molecular complexity index is 910. The SMILES string of the molecule is CC1=C2C=CC(O)C=C2C(c2ccccc2)=C1c1ccc(O)cc1. The van der Waals surface area contributed by atoms with Crippen LogP contribution >= 0.6 is 0 Å². The van der Waals surface area contributed by atoms with E-state index in [0.717, 1.165) is 33.4 Å². The first-order valence-corrected chi connectivity index (χ1v) is 8.04. The number of phenols is 1. The summed E-state index contributed by atoms with van der Waals surface area (Å²) in [6.45, 7) is 2.11. The molecule has 2 N–H and O–H groups in total. The molecule has 0 aromatic heterocycles. The van der Waals surface area contributed by atoms with Crippen LogP contribution in [0.3, 0.4) is 0 Å². The zero-order chi connectivity index (χ0) is 16.7. The summed E-state index contributed by atoms with van der Waals surface area (Å²) in [6.07, 6.45) is 5.17. The number of rotatable bonds is 2. The number of aliphatic hydroxyl groups excluding tert-OH is 1. The van der Waals surface area contributed by atoms with Gasteiger partial charge in [-0.1, -0.05) is 54.6 Å². The fourth-order valence-electron chi connectivity index (χ4n) is 3.50. The lowest BCUT2D eigenvalue weighted by atomic mass is 9.90. The first kappa shape index (κ1) is 14.7. The van der Waals surface area contributed by atoms with Crippen molar-refractivity contribution in [3.05, 3.63) is 101 Å². The molecule has 2 heteroatoms. The van der Waals surface area contributed by atoms with Crippen LogP contribution < -0.4 is 0 Å². The molecule has 0 amide bonds. The van der Waals surface area contributed by atoms with E-state index in [2.05, 4.69) is 19.1 Å². The number of allylic oxidation sites excluding steroid dienone is 6. The van der Waals surface area contributed by atoms with Gasteiger partial charge in [0.25, 0.3) is 0 Å². The van der Waals surface area contributed by atoms with Gasteiger partial charge in [-0.3, -0.25) is 0 Å². The molecule has 0 radical (unpaired) electrons. The van der Waals surface area contributed by atoms with Crippen molar-refractivity contribution in [1.29, 1.82) is 0 Å². The Balaban J connectivity index is 2.00. The number of phenolic OH excluding ortho intramolecular Hbond substituents is 1. The number of aromatic hydroxyl groups is 1. The molecule has 0 spiro atoms. The smallest absolute Gasteiger partial charge is 0.115 e. The maximum absolute atomic E-state index is 10.1. The Morgan fingerprint density at radius 2 is 1.50 bits per heavy atom. The summed E-state index contributed by atoms with van der Waals surface area (Å²) in [6, 6.07) is 17.6. The lowest BCUT2D eigenvalue weighted by molar-refractivity contribution is 0.270.